The van der Waals surface area contributed by atoms with Crippen molar-refractivity contribution >= 4 is 11.5 Å². The third kappa shape index (κ3) is 3.88. The van der Waals surface area contributed by atoms with Crippen molar-refractivity contribution in [3.05, 3.63) is 83.1 Å². The fourth-order valence-corrected chi connectivity index (χ4v) is 2.96. The second-order valence-corrected chi connectivity index (χ2v) is 6.47. The highest BCUT2D eigenvalue weighted by Crippen LogP contribution is 2.26. The zero-order chi connectivity index (χ0) is 16.9. The number of rotatable bonds is 5. The van der Waals surface area contributed by atoms with Gasteiger partial charge in [-0.15, -0.1) is 0 Å². The number of carbonyl (C=O) groups is 1. The van der Waals surface area contributed by atoms with E-state index in [2.05, 4.69) is 43.4 Å². The fraction of sp³-hybridized carbons (Fsp3) is 0.273. The van der Waals surface area contributed by atoms with Crippen LogP contribution in [0.5, 0.6) is 0 Å². The van der Waals surface area contributed by atoms with Crippen LogP contribution >= 0.6 is 0 Å². The number of benzene rings is 1. The first kappa shape index (κ1) is 16.4. The highest BCUT2D eigenvalue weighted by molar-refractivity contribution is 6.00. The van der Waals surface area contributed by atoms with Crippen molar-refractivity contribution in [2.75, 3.05) is 0 Å². The van der Waals surface area contributed by atoms with E-state index in [-0.39, 0.29) is 11.7 Å². The second kappa shape index (κ2) is 7.39. The Balaban J connectivity index is 1.65. The molecule has 3 rings (SSSR count). The average molecular weight is 317 g/mol. The third-order valence-corrected chi connectivity index (χ3v) is 4.50. The van der Waals surface area contributed by atoms with Gasteiger partial charge in [0.15, 0.2) is 5.78 Å². The molecule has 0 radical (unpaired) electrons. The number of aryl methyl sites for hydroxylation is 1. The largest absolute Gasteiger partial charge is 0.294 e. The molecule has 1 unspecified atom stereocenters. The molecule has 1 aliphatic heterocycles. The zero-order valence-corrected chi connectivity index (χ0v) is 14.3. The first-order chi connectivity index (χ1) is 11.6. The Labute approximate surface area is 144 Å². The van der Waals surface area contributed by atoms with Crippen LogP contribution in [0.4, 0.5) is 0 Å². The maximum Gasteiger partial charge on any atom is 0.163 e. The van der Waals surface area contributed by atoms with E-state index < -0.39 is 0 Å². The van der Waals surface area contributed by atoms with Crippen LogP contribution in [0.3, 0.4) is 0 Å². The zero-order valence-electron chi connectivity index (χ0n) is 14.3. The first-order valence-electron chi connectivity index (χ1n) is 8.54. The lowest BCUT2D eigenvalue weighted by atomic mass is 9.94. The Hall–Kier alpha value is -2.48. The van der Waals surface area contributed by atoms with E-state index in [1.807, 2.05) is 31.2 Å². The van der Waals surface area contributed by atoms with Crippen molar-refractivity contribution in [2.45, 2.75) is 33.1 Å². The molecule has 0 saturated carbocycles. The minimum Gasteiger partial charge on any atom is -0.294 e. The van der Waals surface area contributed by atoms with Gasteiger partial charge in [-0.2, -0.15) is 0 Å². The lowest BCUT2D eigenvalue weighted by Gasteiger charge is -2.11. The molecule has 2 heteroatoms. The molecule has 0 amide bonds. The van der Waals surface area contributed by atoms with Gasteiger partial charge in [-0.1, -0.05) is 73.2 Å². The molecule has 0 aromatic heterocycles. The van der Waals surface area contributed by atoms with Crippen LogP contribution in [0, 0.1) is 12.8 Å². The summed E-state index contributed by atoms with van der Waals surface area (Å²) in [5, 5.41) is 0. The summed E-state index contributed by atoms with van der Waals surface area (Å²) in [4.78, 5) is 17.2. The van der Waals surface area contributed by atoms with E-state index in [9.17, 15) is 4.79 Å². The Morgan fingerprint density at radius 1 is 1.17 bits per heavy atom. The molecule has 1 heterocycles. The number of nitrogens with zero attached hydrogens (tertiary/aromatic N) is 1. The maximum absolute atomic E-state index is 12.4. The number of Topliss-reactive ketones (excluding diaryl/α,β-unsaturated/α-hetero) is 1. The van der Waals surface area contributed by atoms with Crippen molar-refractivity contribution in [1.29, 1.82) is 0 Å². The van der Waals surface area contributed by atoms with Gasteiger partial charge in [-0.05, 0) is 18.9 Å². The van der Waals surface area contributed by atoms with Crippen molar-refractivity contribution in [3.63, 3.8) is 0 Å². The van der Waals surface area contributed by atoms with Crippen LogP contribution in [-0.4, -0.2) is 11.5 Å². The SMILES string of the molecule is Cc1ccc(C(=O)CC(C)C2=NC(C3=CCC=CC=C3)=CC2)cc1. The van der Waals surface area contributed by atoms with E-state index in [1.165, 1.54) is 11.1 Å². The molecule has 2 aliphatic rings. The molecule has 0 N–H and O–H groups in total. The quantitative estimate of drug-likeness (QED) is 0.671. The van der Waals surface area contributed by atoms with E-state index >= 15 is 0 Å². The molecule has 1 aliphatic carbocycles. The fourth-order valence-electron chi connectivity index (χ4n) is 2.96. The highest BCUT2D eigenvalue weighted by Gasteiger charge is 2.20. The van der Waals surface area contributed by atoms with E-state index in [0.29, 0.717) is 6.42 Å². The maximum atomic E-state index is 12.4. The molecule has 0 bridgehead atoms. The molecular formula is C22H23NO. The lowest BCUT2D eigenvalue weighted by molar-refractivity contribution is 0.0974. The van der Waals surface area contributed by atoms with Crippen molar-refractivity contribution in [3.8, 4) is 0 Å². The number of hydrogen-bond acceptors (Lipinski definition) is 2. The number of carbonyl (C=O) groups excluding carboxylic acids is 1. The van der Waals surface area contributed by atoms with Gasteiger partial charge >= 0.3 is 0 Å². The van der Waals surface area contributed by atoms with Gasteiger partial charge in [0.05, 0.1) is 5.70 Å². The summed E-state index contributed by atoms with van der Waals surface area (Å²) in [5.74, 6) is 0.359. The highest BCUT2D eigenvalue weighted by atomic mass is 16.1. The van der Waals surface area contributed by atoms with Crippen molar-refractivity contribution in [2.24, 2.45) is 10.9 Å². The molecule has 1 atom stereocenters. The second-order valence-electron chi connectivity index (χ2n) is 6.47. The van der Waals surface area contributed by atoms with Gasteiger partial charge < -0.3 is 0 Å². The number of hydrogen-bond donors (Lipinski definition) is 0. The smallest absolute Gasteiger partial charge is 0.163 e. The normalized spacial score (nSPS) is 17.8. The molecule has 122 valence electrons. The van der Waals surface area contributed by atoms with Crippen LogP contribution in [0.1, 0.15) is 42.1 Å². The topological polar surface area (TPSA) is 29.4 Å². The van der Waals surface area contributed by atoms with E-state index in [1.54, 1.807) is 0 Å². The van der Waals surface area contributed by atoms with Gasteiger partial charge in [0.25, 0.3) is 0 Å². The van der Waals surface area contributed by atoms with Gasteiger partial charge in [0.2, 0.25) is 0 Å². The molecule has 1 aromatic carbocycles. The van der Waals surface area contributed by atoms with Crippen LogP contribution in [-0.2, 0) is 0 Å². The van der Waals surface area contributed by atoms with E-state index in [0.717, 1.165) is 29.8 Å². The molecule has 1 aromatic rings. The average Bonchev–Trinajstić information content (AvgIpc) is 2.91. The molecule has 24 heavy (non-hydrogen) atoms. The standard InChI is InChI=1S/C22H23NO/c1-16-9-11-19(12-10-16)22(24)15-17(2)20-13-14-21(23-20)18-7-5-3-4-6-8-18/h3-5,7-12,14,17H,6,13,15H2,1-2H3. The third-order valence-electron chi connectivity index (χ3n) is 4.50. The van der Waals surface area contributed by atoms with E-state index in [4.69, 9.17) is 4.99 Å². The predicted octanol–water partition coefficient (Wildman–Crippen LogP) is 5.38. The summed E-state index contributed by atoms with van der Waals surface area (Å²) in [6.07, 6.45) is 15.0. The molecule has 0 fully saturated rings. The van der Waals surface area contributed by atoms with Crippen LogP contribution < -0.4 is 0 Å². The Kier molecular flexibility index (Phi) is 5.05. The first-order valence-corrected chi connectivity index (χ1v) is 8.54. The minimum absolute atomic E-state index is 0.168. The summed E-state index contributed by atoms with van der Waals surface area (Å²) in [7, 11) is 0. The number of allylic oxidation sites excluding steroid dienone is 6. The minimum atomic E-state index is 0.168. The summed E-state index contributed by atoms with van der Waals surface area (Å²) in [6, 6.07) is 7.81. The Morgan fingerprint density at radius 2 is 1.96 bits per heavy atom. The van der Waals surface area contributed by atoms with Gasteiger partial charge in [0, 0.05) is 30.0 Å². The number of ketones is 1. The van der Waals surface area contributed by atoms with Crippen LogP contribution in [0.25, 0.3) is 0 Å². The predicted molar refractivity (Wildman–Crippen MR) is 100 cm³/mol. The summed E-state index contributed by atoms with van der Waals surface area (Å²) < 4.78 is 0. The van der Waals surface area contributed by atoms with Crippen LogP contribution in [0.15, 0.2) is 77.0 Å². The lowest BCUT2D eigenvalue weighted by Crippen LogP contribution is -2.14. The molecule has 0 saturated heterocycles. The summed E-state index contributed by atoms with van der Waals surface area (Å²) >= 11 is 0. The van der Waals surface area contributed by atoms with Gasteiger partial charge in [-0.25, -0.2) is 0 Å². The van der Waals surface area contributed by atoms with Gasteiger partial charge in [0.1, 0.15) is 0 Å². The monoisotopic (exact) mass is 317 g/mol. The Morgan fingerprint density at radius 3 is 2.75 bits per heavy atom. The van der Waals surface area contributed by atoms with Crippen molar-refractivity contribution in [1.82, 2.24) is 0 Å². The summed E-state index contributed by atoms with van der Waals surface area (Å²) in [6.45, 7) is 4.13. The molecule has 0 spiro atoms. The number of aliphatic imine (C=N–C) groups is 1. The van der Waals surface area contributed by atoms with Crippen molar-refractivity contribution < 1.29 is 4.79 Å². The van der Waals surface area contributed by atoms with Crippen LogP contribution in [0.2, 0.25) is 0 Å². The molecular weight excluding hydrogens is 294 g/mol. The Bertz CT molecular complexity index is 773. The summed E-state index contributed by atoms with van der Waals surface area (Å²) in [5.41, 5.74) is 5.29. The van der Waals surface area contributed by atoms with Gasteiger partial charge in [-0.3, -0.25) is 9.79 Å². The molecule has 2 nitrogen and oxygen atoms in total.